The molecule has 16 heavy (non-hydrogen) atoms. The Hall–Kier alpha value is -0.980. The minimum absolute atomic E-state index is 0.211. The standard InChI is InChI=1S/C10H19N5O/c1-15-10(12-7-13-15)5-9(14-11)8-3-2-4-16-6-8/h7-9,14H,2-6,11H2,1H3. The van der Waals surface area contributed by atoms with E-state index in [0.29, 0.717) is 5.92 Å². The highest BCUT2D eigenvalue weighted by molar-refractivity contribution is 4.91. The Morgan fingerprint density at radius 1 is 1.75 bits per heavy atom. The van der Waals surface area contributed by atoms with Gasteiger partial charge in [0.05, 0.1) is 6.61 Å². The third-order valence-corrected chi connectivity index (χ3v) is 3.19. The van der Waals surface area contributed by atoms with E-state index in [4.69, 9.17) is 10.6 Å². The number of aryl methyl sites for hydroxylation is 1. The second kappa shape index (κ2) is 5.38. The molecule has 90 valence electrons. The van der Waals surface area contributed by atoms with Gasteiger partial charge in [-0.25, -0.2) is 4.98 Å². The summed E-state index contributed by atoms with van der Waals surface area (Å²) in [6, 6.07) is 0.211. The van der Waals surface area contributed by atoms with Crippen LogP contribution < -0.4 is 11.3 Å². The molecule has 0 aromatic carbocycles. The molecule has 3 N–H and O–H groups in total. The molecule has 1 aromatic rings. The van der Waals surface area contributed by atoms with Crippen LogP contribution in [0.5, 0.6) is 0 Å². The summed E-state index contributed by atoms with van der Waals surface area (Å²) in [6.45, 7) is 1.66. The van der Waals surface area contributed by atoms with Gasteiger partial charge >= 0.3 is 0 Å². The predicted molar refractivity (Wildman–Crippen MR) is 59.4 cm³/mol. The third-order valence-electron chi connectivity index (χ3n) is 3.19. The summed E-state index contributed by atoms with van der Waals surface area (Å²) < 4.78 is 7.26. The molecule has 1 aliphatic rings. The van der Waals surface area contributed by atoms with Gasteiger partial charge in [-0.05, 0) is 18.8 Å². The smallest absolute Gasteiger partial charge is 0.138 e. The number of hydrogen-bond donors (Lipinski definition) is 2. The zero-order valence-electron chi connectivity index (χ0n) is 9.59. The lowest BCUT2D eigenvalue weighted by molar-refractivity contribution is 0.0389. The first-order valence-corrected chi connectivity index (χ1v) is 5.68. The molecule has 1 fully saturated rings. The molecular weight excluding hydrogens is 206 g/mol. The summed E-state index contributed by atoms with van der Waals surface area (Å²) in [6.07, 6.45) is 4.63. The van der Waals surface area contributed by atoms with Gasteiger partial charge in [0.1, 0.15) is 12.2 Å². The minimum Gasteiger partial charge on any atom is -0.381 e. The Balaban J connectivity index is 1.97. The van der Waals surface area contributed by atoms with Gasteiger partial charge in [-0.2, -0.15) is 5.10 Å². The Bertz CT molecular complexity index is 321. The first kappa shape index (κ1) is 11.5. The molecule has 0 aliphatic carbocycles. The average Bonchev–Trinajstić information content (AvgIpc) is 2.73. The van der Waals surface area contributed by atoms with Gasteiger partial charge in [0.2, 0.25) is 0 Å². The Morgan fingerprint density at radius 3 is 3.19 bits per heavy atom. The van der Waals surface area contributed by atoms with Crippen LogP contribution in [-0.2, 0) is 18.2 Å². The molecule has 1 aromatic heterocycles. The van der Waals surface area contributed by atoms with E-state index in [9.17, 15) is 0 Å². The summed E-state index contributed by atoms with van der Waals surface area (Å²) in [5.74, 6) is 7.03. The van der Waals surface area contributed by atoms with Gasteiger partial charge in [0.25, 0.3) is 0 Å². The Labute approximate surface area is 95.1 Å². The maximum atomic E-state index is 5.61. The molecule has 2 heterocycles. The van der Waals surface area contributed by atoms with E-state index in [-0.39, 0.29) is 6.04 Å². The minimum atomic E-state index is 0.211. The second-order valence-corrected chi connectivity index (χ2v) is 4.25. The fourth-order valence-corrected chi connectivity index (χ4v) is 2.15. The van der Waals surface area contributed by atoms with Crippen LogP contribution in [0.4, 0.5) is 0 Å². The van der Waals surface area contributed by atoms with Gasteiger partial charge in [-0.1, -0.05) is 0 Å². The van der Waals surface area contributed by atoms with Gasteiger partial charge in [0.15, 0.2) is 0 Å². The largest absolute Gasteiger partial charge is 0.381 e. The van der Waals surface area contributed by atoms with Gasteiger partial charge in [-0.15, -0.1) is 0 Å². The molecule has 2 atom stereocenters. The topological polar surface area (TPSA) is 78.0 Å². The molecule has 6 heteroatoms. The zero-order chi connectivity index (χ0) is 11.4. The fraction of sp³-hybridized carbons (Fsp3) is 0.800. The van der Waals surface area contributed by atoms with E-state index in [1.54, 1.807) is 11.0 Å². The van der Waals surface area contributed by atoms with Crippen molar-refractivity contribution in [1.29, 1.82) is 0 Å². The van der Waals surface area contributed by atoms with E-state index in [2.05, 4.69) is 15.5 Å². The summed E-state index contributed by atoms with van der Waals surface area (Å²) in [5, 5.41) is 4.05. The van der Waals surface area contributed by atoms with Crippen LogP contribution in [0.1, 0.15) is 18.7 Å². The van der Waals surface area contributed by atoms with Crippen LogP contribution in [0.2, 0.25) is 0 Å². The van der Waals surface area contributed by atoms with Crippen LogP contribution in [-0.4, -0.2) is 34.0 Å². The number of nitrogens with one attached hydrogen (secondary N) is 1. The first-order chi connectivity index (χ1) is 7.81. The SMILES string of the molecule is Cn1ncnc1CC(NN)C1CCCOC1. The molecule has 0 radical (unpaired) electrons. The van der Waals surface area contributed by atoms with Crippen molar-refractivity contribution in [3.8, 4) is 0 Å². The van der Waals surface area contributed by atoms with Crippen molar-refractivity contribution in [2.75, 3.05) is 13.2 Å². The maximum Gasteiger partial charge on any atom is 0.138 e. The maximum absolute atomic E-state index is 5.61. The Morgan fingerprint density at radius 2 is 2.62 bits per heavy atom. The number of rotatable bonds is 4. The molecule has 0 spiro atoms. The van der Waals surface area contributed by atoms with E-state index in [1.165, 1.54) is 0 Å². The number of nitrogens with zero attached hydrogens (tertiary/aromatic N) is 3. The molecule has 0 amide bonds. The lowest BCUT2D eigenvalue weighted by atomic mass is 9.92. The zero-order valence-corrected chi connectivity index (χ0v) is 9.59. The number of aromatic nitrogens is 3. The lowest BCUT2D eigenvalue weighted by Gasteiger charge is -2.29. The van der Waals surface area contributed by atoms with Crippen LogP contribution in [0.15, 0.2) is 6.33 Å². The number of hydrazine groups is 1. The van der Waals surface area contributed by atoms with Crippen LogP contribution in [0.25, 0.3) is 0 Å². The third kappa shape index (κ3) is 2.58. The summed E-state index contributed by atoms with van der Waals surface area (Å²) >= 11 is 0. The van der Waals surface area contributed by atoms with Crippen molar-refractivity contribution in [3.05, 3.63) is 12.2 Å². The quantitative estimate of drug-likeness (QED) is 0.539. The van der Waals surface area contributed by atoms with Crippen molar-refractivity contribution in [1.82, 2.24) is 20.2 Å². The molecule has 1 aliphatic heterocycles. The lowest BCUT2D eigenvalue weighted by Crippen LogP contribution is -2.45. The number of hydrogen-bond acceptors (Lipinski definition) is 5. The van der Waals surface area contributed by atoms with Crippen molar-refractivity contribution in [2.24, 2.45) is 18.8 Å². The fourth-order valence-electron chi connectivity index (χ4n) is 2.15. The van der Waals surface area contributed by atoms with Crippen LogP contribution in [0.3, 0.4) is 0 Å². The van der Waals surface area contributed by atoms with Gasteiger partial charge < -0.3 is 4.74 Å². The summed E-state index contributed by atoms with van der Waals surface area (Å²) in [7, 11) is 1.90. The van der Waals surface area contributed by atoms with E-state index in [1.807, 2.05) is 7.05 Å². The van der Waals surface area contributed by atoms with Crippen molar-refractivity contribution >= 4 is 0 Å². The highest BCUT2D eigenvalue weighted by Crippen LogP contribution is 2.19. The van der Waals surface area contributed by atoms with Crippen LogP contribution >= 0.6 is 0 Å². The molecule has 2 rings (SSSR count). The molecule has 0 bridgehead atoms. The highest BCUT2D eigenvalue weighted by atomic mass is 16.5. The highest BCUT2D eigenvalue weighted by Gasteiger charge is 2.24. The molecular formula is C10H19N5O. The normalized spacial score (nSPS) is 23.2. The first-order valence-electron chi connectivity index (χ1n) is 5.68. The number of nitrogens with two attached hydrogens (primary N) is 1. The second-order valence-electron chi connectivity index (χ2n) is 4.25. The summed E-state index contributed by atoms with van der Waals surface area (Å²) in [5.41, 5.74) is 2.88. The monoisotopic (exact) mass is 225 g/mol. The number of ether oxygens (including phenoxy) is 1. The summed E-state index contributed by atoms with van der Waals surface area (Å²) in [4.78, 5) is 4.21. The van der Waals surface area contributed by atoms with Crippen molar-refractivity contribution in [2.45, 2.75) is 25.3 Å². The molecule has 6 nitrogen and oxygen atoms in total. The predicted octanol–water partition coefficient (Wildman–Crippen LogP) is -0.384. The van der Waals surface area contributed by atoms with Crippen LogP contribution in [0, 0.1) is 5.92 Å². The van der Waals surface area contributed by atoms with Crippen molar-refractivity contribution < 1.29 is 4.74 Å². The molecule has 2 unspecified atom stereocenters. The van der Waals surface area contributed by atoms with Gasteiger partial charge in [0, 0.05) is 26.1 Å². The van der Waals surface area contributed by atoms with Gasteiger partial charge in [-0.3, -0.25) is 16.0 Å². The van der Waals surface area contributed by atoms with E-state index in [0.717, 1.165) is 38.3 Å². The molecule has 1 saturated heterocycles. The Kier molecular flexibility index (Phi) is 3.87. The molecule has 0 saturated carbocycles. The van der Waals surface area contributed by atoms with E-state index < -0.39 is 0 Å². The van der Waals surface area contributed by atoms with E-state index >= 15 is 0 Å². The average molecular weight is 225 g/mol. The van der Waals surface area contributed by atoms with Crippen molar-refractivity contribution in [3.63, 3.8) is 0 Å².